The van der Waals surface area contributed by atoms with Gasteiger partial charge in [-0.1, -0.05) is 0 Å². The first kappa shape index (κ1) is 13.2. The molecule has 0 fully saturated rings. The number of nitrogens with zero attached hydrogens (tertiary/aromatic N) is 2. The Morgan fingerprint density at radius 2 is 2.00 bits per heavy atom. The van der Waals surface area contributed by atoms with E-state index in [0.29, 0.717) is 12.1 Å². The fraction of sp³-hybridized carbons (Fsp3) is 0.750. The van der Waals surface area contributed by atoms with Crippen LogP contribution in [0.1, 0.15) is 38.1 Å². The first-order valence-corrected chi connectivity index (χ1v) is 5.74. The molecular formula is C12H23N3O. The van der Waals surface area contributed by atoms with Crippen molar-refractivity contribution < 1.29 is 4.74 Å². The van der Waals surface area contributed by atoms with Gasteiger partial charge in [0.15, 0.2) is 0 Å². The van der Waals surface area contributed by atoms with Crippen LogP contribution in [0.15, 0.2) is 6.20 Å². The Hall–Kier alpha value is -0.870. The average Bonchev–Trinajstić information content (AvgIpc) is 2.56. The monoisotopic (exact) mass is 225 g/mol. The second-order valence-corrected chi connectivity index (χ2v) is 4.46. The second-order valence-electron chi connectivity index (χ2n) is 4.46. The lowest BCUT2D eigenvalue weighted by atomic mass is 10.1. The first-order chi connectivity index (χ1) is 7.45. The van der Waals surface area contributed by atoms with Crippen molar-refractivity contribution in [3.63, 3.8) is 0 Å². The minimum atomic E-state index is 0.208. The third-order valence-electron chi connectivity index (χ3n) is 3.11. The van der Waals surface area contributed by atoms with Crippen molar-refractivity contribution in [1.82, 2.24) is 15.1 Å². The van der Waals surface area contributed by atoms with Crippen LogP contribution in [0.25, 0.3) is 0 Å². The van der Waals surface area contributed by atoms with Crippen LogP contribution in [0.3, 0.4) is 0 Å². The zero-order chi connectivity index (χ0) is 12.3. The molecule has 1 heterocycles. The van der Waals surface area contributed by atoms with E-state index in [-0.39, 0.29) is 6.10 Å². The van der Waals surface area contributed by atoms with Gasteiger partial charge in [0, 0.05) is 38.0 Å². The van der Waals surface area contributed by atoms with Crippen LogP contribution in [0.4, 0.5) is 0 Å². The summed E-state index contributed by atoms with van der Waals surface area (Å²) in [4.78, 5) is 0. The second kappa shape index (κ2) is 5.46. The highest BCUT2D eigenvalue weighted by molar-refractivity contribution is 5.19. The molecule has 0 aromatic carbocycles. The molecule has 3 unspecified atom stereocenters. The molecule has 1 aromatic rings. The maximum atomic E-state index is 5.30. The number of hydrogen-bond donors (Lipinski definition) is 1. The molecule has 0 spiro atoms. The Labute approximate surface area is 98.0 Å². The first-order valence-electron chi connectivity index (χ1n) is 5.74. The number of hydrogen-bond acceptors (Lipinski definition) is 3. The maximum absolute atomic E-state index is 5.30. The number of methoxy groups -OCH3 is 1. The van der Waals surface area contributed by atoms with Gasteiger partial charge in [0.05, 0.1) is 11.8 Å². The van der Waals surface area contributed by atoms with Gasteiger partial charge in [-0.15, -0.1) is 0 Å². The van der Waals surface area contributed by atoms with Crippen molar-refractivity contribution in [2.24, 2.45) is 7.05 Å². The van der Waals surface area contributed by atoms with Gasteiger partial charge in [-0.25, -0.2) is 0 Å². The Morgan fingerprint density at radius 3 is 2.44 bits per heavy atom. The molecular weight excluding hydrogens is 202 g/mol. The molecule has 0 saturated heterocycles. The molecule has 0 aliphatic heterocycles. The lowest BCUT2D eigenvalue weighted by Crippen LogP contribution is -2.38. The summed E-state index contributed by atoms with van der Waals surface area (Å²) >= 11 is 0. The summed E-state index contributed by atoms with van der Waals surface area (Å²) in [6, 6.07) is 0.612. The SMILES string of the molecule is COC(C)C(C)NC(C)c1cn(C)nc1C. The standard InChI is InChI=1S/C12H23N3O/c1-8(11(4)16-6)13-9(2)12-7-15(5)14-10(12)3/h7-9,11,13H,1-6H3. The number of aromatic nitrogens is 2. The molecule has 4 nitrogen and oxygen atoms in total. The topological polar surface area (TPSA) is 39.1 Å². The van der Waals surface area contributed by atoms with E-state index in [4.69, 9.17) is 4.74 Å². The molecule has 16 heavy (non-hydrogen) atoms. The van der Waals surface area contributed by atoms with Crippen LogP contribution in [0.2, 0.25) is 0 Å². The van der Waals surface area contributed by atoms with Gasteiger partial charge in [0.2, 0.25) is 0 Å². The Bertz CT molecular complexity index is 335. The van der Waals surface area contributed by atoms with Crippen molar-refractivity contribution >= 4 is 0 Å². The molecule has 1 rings (SSSR count). The number of rotatable bonds is 5. The summed E-state index contributed by atoms with van der Waals surface area (Å²) < 4.78 is 7.16. The molecule has 3 atom stereocenters. The predicted octanol–water partition coefficient (Wildman–Crippen LogP) is 1.80. The van der Waals surface area contributed by atoms with E-state index in [0.717, 1.165) is 5.69 Å². The van der Waals surface area contributed by atoms with Crippen molar-refractivity contribution in [3.05, 3.63) is 17.5 Å². The van der Waals surface area contributed by atoms with Crippen LogP contribution < -0.4 is 5.32 Å². The third-order valence-corrected chi connectivity index (χ3v) is 3.11. The van der Waals surface area contributed by atoms with E-state index in [1.807, 2.05) is 18.7 Å². The molecule has 1 N–H and O–H groups in total. The van der Waals surface area contributed by atoms with Crippen LogP contribution >= 0.6 is 0 Å². The maximum Gasteiger partial charge on any atom is 0.0693 e. The zero-order valence-electron chi connectivity index (χ0n) is 11.1. The van der Waals surface area contributed by atoms with Crippen LogP contribution in [0, 0.1) is 6.92 Å². The van der Waals surface area contributed by atoms with E-state index in [9.17, 15) is 0 Å². The van der Waals surface area contributed by atoms with E-state index in [1.165, 1.54) is 5.56 Å². The lowest BCUT2D eigenvalue weighted by molar-refractivity contribution is 0.0852. The van der Waals surface area contributed by atoms with Crippen molar-refractivity contribution in [1.29, 1.82) is 0 Å². The number of nitrogens with one attached hydrogen (secondary N) is 1. The van der Waals surface area contributed by atoms with Gasteiger partial charge < -0.3 is 10.1 Å². The average molecular weight is 225 g/mol. The van der Waals surface area contributed by atoms with Crippen molar-refractivity contribution in [2.75, 3.05) is 7.11 Å². The number of aryl methyl sites for hydroxylation is 2. The van der Waals surface area contributed by atoms with Crippen LogP contribution in [-0.4, -0.2) is 29.0 Å². The normalized spacial score (nSPS) is 17.1. The lowest BCUT2D eigenvalue weighted by Gasteiger charge is -2.24. The van der Waals surface area contributed by atoms with E-state index in [1.54, 1.807) is 7.11 Å². The Morgan fingerprint density at radius 1 is 1.38 bits per heavy atom. The predicted molar refractivity (Wildman–Crippen MR) is 65.4 cm³/mol. The van der Waals surface area contributed by atoms with Gasteiger partial charge in [-0.05, 0) is 27.7 Å². The van der Waals surface area contributed by atoms with Crippen molar-refractivity contribution in [3.8, 4) is 0 Å². The van der Waals surface area contributed by atoms with Gasteiger partial charge in [-0.3, -0.25) is 4.68 Å². The zero-order valence-corrected chi connectivity index (χ0v) is 11.1. The van der Waals surface area contributed by atoms with E-state index < -0.39 is 0 Å². The van der Waals surface area contributed by atoms with Gasteiger partial charge in [0.25, 0.3) is 0 Å². The van der Waals surface area contributed by atoms with Crippen LogP contribution in [0.5, 0.6) is 0 Å². The summed E-state index contributed by atoms with van der Waals surface area (Å²) in [5.74, 6) is 0. The molecule has 4 heteroatoms. The van der Waals surface area contributed by atoms with E-state index >= 15 is 0 Å². The molecule has 0 amide bonds. The Kier molecular flexibility index (Phi) is 4.50. The highest BCUT2D eigenvalue weighted by Crippen LogP contribution is 2.16. The van der Waals surface area contributed by atoms with E-state index in [2.05, 4.69) is 37.4 Å². The molecule has 0 radical (unpaired) electrons. The largest absolute Gasteiger partial charge is 0.380 e. The fourth-order valence-electron chi connectivity index (χ4n) is 1.87. The molecule has 0 saturated carbocycles. The highest BCUT2D eigenvalue weighted by atomic mass is 16.5. The van der Waals surface area contributed by atoms with Gasteiger partial charge in [0.1, 0.15) is 0 Å². The summed E-state index contributed by atoms with van der Waals surface area (Å²) in [5.41, 5.74) is 2.33. The quantitative estimate of drug-likeness (QED) is 0.830. The molecule has 1 aromatic heterocycles. The summed E-state index contributed by atoms with van der Waals surface area (Å²) in [5, 5.41) is 7.87. The minimum Gasteiger partial charge on any atom is -0.380 e. The molecule has 0 aliphatic rings. The summed E-state index contributed by atoms with van der Waals surface area (Å²) in [7, 11) is 3.69. The smallest absolute Gasteiger partial charge is 0.0693 e. The molecule has 0 aliphatic carbocycles. The van der Waals surface area contributed by atoms with Crippen molar-refractivity contribution in [2.45, 2.75) is 45.9 Å². The highest BCUT2D eigenvalue weighted by Gasteiger charge is 2.17. The van der Waals surface area contributed by atoms with Gasteiger partial charge >= 0.3 is 0 Å². The Balaban J connectivity index is 2.65. The molecule has 92 valence electrons. The summed E-state index contributed by atoms with van der Waals surface area (Å²) in [6.45, 7) is 8.40. The van der Waals surface area contributed by atoms with Gasteiger partial charge in [-0.2, -0.15) is 5.10 Å². The summed E-state index contributed by atoms with van der Waals surface area (Å²) in [6.07, 6.45) is 2.27. The minimum absolute atomic E-state index is 0.208. The third kappa shape index (κ3) is 3.06. The van der Waals surface area contributed by atoms with Crippen LogP contribution in [-0.2, 0) is 11.8 Å². The fourth-order valence-corrected chi connectivity index (χ4v) is 1.87. The number of ether oxygens (including phenoxy) is 1. The molecule has 0 bridgehead atoms.